The lowest BCUT2D eigenvalue weighted by Gasteiger charge is -2.24. The maximum atomic E-state index is 12.9. The SMILES string of the molecule is COCCNc1nc(C)c(C2Nc3c(ccnc3C3CC3)S2)c(NC2CC(C(=O)NC(C)(C)C)C(O)C2O)n1. The summed E-state index contributed by atoms with van der Waals surface area (Å²) in [5.74, 6) is 0.474. The average Bonchev–Trinajstić information content (AvgIpc) is 3.56. The molecule has 12 heteroatoms. The zero-order chi connectivity index (χ0) is 27.9. The molecule has 1 amide bonds. The lowest BCUT2D eigenvalue weighted by Crippen LogP contribution is -2.46. The molecule has 2 fully saturated rings. The molecule has 212 valence electrons. The van der Waals surface area contributed by atoms with Crippen molar-refractivity contribution in [3.05, 3.63) is 29.2 Å². The monoisotopic (exact) mass is 557 g/mol. The van der Waals surface area contributed by atoms with Gasteiger partial charge in [-0.15, -0.1) is 0 Å². The summed E-state index contributed by atoms with van der Waals surface area (Å²) < 4.78 is 5.15. The lowest BCUT2D eigenvalue weighted by atomic mass is 10.0. The molecule has 2 aromatic rings. The molecule has 6 N–H and O–H groups in total. The van der Waals surface area contributed by atoms with E-state index in [1.807, 2.05) is 40.0 Å². The number of pyridine rings is 1. The highest BCUT2D eigenvalue weighted by molar-refractivity contribution is 8.00. The molecule has 5 rings (SSSR count). The molecule has 0 bridgehead atoms. The number of nitrogens with one attached hydrogen (secondary N) is 4. The first kappa shape index (κ1) is 27.9. The van der Waals surface area contributed by atoms with E-state index in [4.69, 9.17) is 14.7 Å². The zero-order valence-corrected chi connectivity index (χ0v) is 23.9. The normalized spacial score (nSPS) is 26.2. The highest BCUT2D eigenvalue weighted by Crippen LogP contribution is 2.53. The number of carbonyl (C=O) groups is 1. The van der Waals surface area contributed by atoms with Crippen LogP contribution >= 0.6 is 11.8 Å². The van der Waals surface area contributed by atoms with Gasteiger partial charge in [0.15, 0.2) is 0 Å². The van der Waals surface area contributed by atoms with E-state index in [0.717, 1.165) is 40.4 Å². The van der Waals surface area contributed by atoms with Gasteiger partial charge in [-0.25, -0.2) is 4.98 Å². The van der Waals surface area contributed by atoms with Crippen molar-refractivity contribution in [1.82, 2.24) is 20.3 Å². The second-order valence-electron chi connectivity index (χ2n) is 11.6. The summed E-state index contributed by atoms with van der Waals surface area (Å²) in [5, 5.41) is 34.7. The molecule has 1 aliphatic heterocycles. The minimum absolute atomic E-state index is 0.166. The molecule has 2 aromatic heterocycles. The average molecular weight is 558 g/mol. The number of amides is 1. The van der Waals surface area contributed by atoms with Crippen LogP contribution in [0, 0.1) is 12.8 Å². The minimum atomic E-state index is -1.19. The zero-order valence-electron chi connectivity index (χ0n) is 23.1. The topological polar surface area (TPSA) is 154 Å². The molecular formula is C27H39N7O4S. The molecule has 2 saturated carbocycles. The van der Waals surface area contributed by atoms with E-state index in [-0.39, 0.29) is 17.7 Å². The Morgan fingerprint density at radius 3 is 2.69 bits per heavy atom. The Morgan fingerprint density at radius 2 is 2.00 bits per heavy atom. The largest absolute Gasteiger partial charge is 0.390 e. The van der Waals surface area contributed by atoms with E-state index >= 15 is 0 Å². The van der Waals surface area contributed by atoms with Gasteiger partial charge >= 0.3 is 0 Å². The van der Waals surface area contributed by atoms with Crippen LogP contribution < -0.4 is 21.3 Å². The fourth-order valence-corrected chi connectivity index (χ4v) is 6.46. The van der Waals surface area contributed by atoms with Crippen LogP contribution in [0.3, 0.4) is 0 Å². The predicted molar refractivity (Wildman–Crippen MR) is 151 cm³/mol. The molecule has 5 atom stereocenters. The van der Waals surface area contributed by atoms with E-state index in [1.54, 1.807) is 18.9 Å². The third-order valence-corrected chi connectivity index (χ3v) is 8.44. The Bertz CT molecular complexity index is 1220. The van der Waals surface area contributed by atoms with Crippen molar-refractivity contribution in [3.63, 3.8) is 0 Å². The molecular weight excluding hydrogens is 518 g/mol. The number of ether oxygens (including phenoxy) is 1. The first-order valence-electron chi connectivity index (χ1n) is 13.5. The van der Waals surface area contributed by atoms with Gasteiger partial charge in [-0.05, 0) is 53.0 Å². The van der Waals surface area contributed by atoms with Crippen molar-refractivity contribution in [2.24, 2.45) is 5.92 Å². The molecule has 39 heavy (non-hydrogen) atoms. The second kappa shape index (κ2) is 11.1. The van der Waals surface area contributed by atoms with Crippen LogP contribution in [0.2, 0.25) is 0 Å². The number of anilines is 3. The van der Waals surface area contributed by atoms with Gasteiger partial charge in [0.1, 0.15) is 17.3 Å². The van der Waals surface area contributed by atoms with E-state index in [1.165, 1.54) is 0 Å². The molecule has 3 aliphatic rings. The van der Waals surface area contributed by atoms with Crippen LogP contribution in [0.25, 0.3) is 0 Å². The first-order chi connectivity index (χ1) is 18.6. The highest BCUT2D eigenvalue weighted by atomic mass is 32.2. The van der Waals surface area contributed by atoms with E-state index in [9.17, 15) is 15.0 Å². The number of fused-ring (bicyclic) bond motifs is 1. The van der Waals surface area contributed by atoms with Crippen molar-refractivity contribution >= 4 is 35.1 Å². The Balaban J connectivity index is 1.42. The summed E-state index contributed by atoms with van der Waals surface area (Å²) in [5.41, 5.74) is 3.37. The number of aryl methyl sites for hydroxylation is 1. The van der Waals surface area contributed by atoms with Gasteiger partial charge in [-0.1, -0.05) is 11.8 Å². The van der Waals surface area contributed by atoms with Gasteiger partial charge in [0, 0.05) is 41.8 Å². The molecule has 0 spiro atoms. The quantitative estimate of drug-likeness (QED) is 0.252. The third kappa shape index (κ3) is 6.08. The molecule has 0 radical (unpaired) electrons. The summed E-state index contributed by atoms with van der Waals surface area (Å²) >= 11 is 1.69. The summed E-state index contributed by atoms with van der Waals surface area (Å²) in [4.78, 5) is 28.2. The molecule has 2 aliphatic carbocycles. The van der Waals surface area contributed by atoms with E-state index in [2.05, 4.69) is 26.3 Å². The number of nitrogens with zero attached hydrogens (tertiary/aromatic N) is 3. The lowest BCUT2D eigenvalue weighted by molar-refractivity contribution is -0.130. The number of aromatic nitrogens is 3. The maximum absolute atomic E-state index is 12.9. The van der Waals surface area contributed by atoms with Gasteiger partial charge < -0.3 is 36.2 Å². The second-order valence-corrected chi connectivity index (χ2v) is 12.8. The molecule has 0 saturated heterocycles. The predicted octanol–water partition coefficient (Wildman–Crippen LogP) is 2.77. The maximum Gasteiger partial charge on any atom is 0.226 e. The number of aliphatic hydroxyl groups is 2. The number of methoxy groups -OCH3 is 1. The standard InChI is InChI=1S/C27H39N7O4S/c1-13-18(25-32-20-17(39-25)8-9-28-19(20)14-6-7-14)23(33-26(30-13)29-10-11-38-5)31-16-12-15(21(35)22(16)36)24(37)34-27(2,3)4/h8-9,14-16,21-22,25,32,35-36H,6-7,10-12H2,1-5H3,(H,34,37)(H2,29,30,31,33). The third-order valence-electron chi connectivity index (χ3n) is 7.25. The van der Waals surface area contributed by atoms with Crippen molar-refractivity contribution in [3.8, 4) is 0 Å². The van der Waals surface area contributed by atoms with Gasteiger partial charge in [0.25, 0.3) is 0 Å². The Kier molecular flexibility index (Phi) is 7.91. The van der Waals surface area contributed by atoms with Gasteiger partial charge in [-0.2, -0.15) is 4.98 Å². The van der Waals surface area contributed by atoms with Crippen LogP contribution in [0.15, 0.2) is 17.2 Å². The summed E-state index contributed by atoms with van der Waals surface area (Å²) in [6.07, 6.45) is 2.12. The van der Waals surface area contributed by atoms with Gasteiger partial charge in [0.2, 0.25) is 11.9 Å². The number of thioether (sulfide) groups is 1. The molecule has 0 aromatic carbocycles. The molecule has 11 nitrogen and oxygen atoms in total. The summed E-state index contributed by atoms with van der Waals surface area (Å²) in [7, 11) is 1.63. The van der Waals surface area contributed by atoms with E-state index < -0.39 is 29.7 Å². The summed E-state index contributed by atoms with van der Waals surface area (Å²) in [6, 6.07) is 1.45. The number of aliphatic hydroxyl groups excluding tert-OH is 2. The van der Waals surface area contributed by atoms with Crippen molar-refractivity contribution in [2.45, 2.75) is 86.9 Å². The van der Waals surface area contributed by atoms with Crippen molar-refractivity contribution < 1.29 is 19.7 Å². The fraction of sp³-hybridized carbons (Fsp3) is 0.630. The number of carbonyl (C=O) groups excluding carboxylic acids is 1. The molecule has 5 unspecified atom stereocenters. The minimum Gasteiger partial charge on any atom is -0.390 e. The Hall–Kier alpha value is -2.67. The van der Waals surface area contributed by atoms with Crippen LogP contribution in [-0.4, -0.2) is 75.1 Å². The Labute approximate surface area is 233 Å². The van der Waals surface area contributed by atoms with Crippen LogP contribution in [0.4, 0.5) is 17.5 Å². The van der Waals surface area contributed by atoms with Crippen LogP contribution in [-0.2, 0) is 9.53 Å². The summed E-state index contributed by atoms with van der Waals surface area (Å²) in [6.45, 7) is 8.64. The number of hydrogen-bond donors (Lipinski definition) is 6. The number of hydrogen-bond acceptors (Lipinski definition) is 11. The van der Waals surface area contributed by atoms with E-state index in [0.29, 0.717) is 30.8 Å². The van der Waals surface area contributed by atoms with Crippen molar-refractivity contribution in [1.29, 1.82) is 0 Å². The first-order valence-corrected chi connectivity index (χ1v) is 14.4. The smallest absolute Gasteiger partial charge is 0.226 e. The molecule has 3 heterocycles. The fourth-order valence-electron chi connectivity index (χ4n) is 5.21. The van der Waals surface area contributed by atoms with Crippen molar-refractivity contribution in [2.75, 3.05) is 36.2 Å². The van der Waals surface area contributed by atoms with Crippen LogP contribution in [0.1, 0.15) is 68.3 Å². The highest BCUT2D eigenvalue weighted by Gasteiger charge is 2.46. The van der Waals surface area contributed by atoms with Gasteiger partial charge in [-0.3, -0.25) is 9.78 Å². The van der Waals surface area contributed by atoms with Gasteiger partial charge in [0.05, 0.1) is 41.7 Å². The van der Waals surface area contributed by atoms with Crippen LogP contribution in [0.5, 0.6) is 0 Å². The Morgan fingerprint density at radius 1 is 1.23 bits per heavy atom. The number of rotatable bonds is 9.